The predicted molar refractivity (Wildman–Crippen MR) is 75.1 cm³/mol. The standard InChI is InChI=1S/C13H22Cl2N2/c1-4-12(5-2)17-7-6-11(16-17)8-13(3,9-14)10-15/h6-7,12H,4-5,8-10H2,1-3H3. The zero-order valence-corrected chi connectivity index (χ0v) is 12.4. The number of hydrogen-bond donors (Lipinski definition) is 0. The smallest absolute Gasteiger partial charge is 0.0631 e. The molecular weight excluding hydrogens is 255 g/mol. The average molecular weight is 277 g/mol. The van der Waals surface area contributed by atoms with E-state index in [1.807, 2.05) is 0 Å². The van der Waals surface area contributed by atoms with Crippen LogP contribution in [0.1, 0.15) is 45.3 Å². The average Bonchev–Trinajstić information content (AvgIpc) is 2.79. The van der Waals surface area contributed by atoms with Crippen LogP contribution in [0.25, 0.3) is 0 Å². The fourth-order valence-corrected chi connectivity index (χ4v) is 2.38. The summed E-state index contributed by atoms with van der Waals surface area (Å²) in [5.41, 5.74) is 1.02. The van der Waals surface area contributed by atoms with Gasteiger partial charge in [-0.3, -0.25) is 4.68 Å². The molecule has 0 saturated heterocycles. The van der Waals surface area contributed by atoms with Crippen molar-refractivity contribution in [2.45, 2.75) is 46.1 Å². The zero-order chi connectivity index (χ0) is 12.9. The molecule has 0 spiro atoms. The molecule has 98 valence electrons. The van der Waals surface area contributed by atoms with E-state index in [1.165, 1.54) is 0 Å². The highest BCUT2D eigenvalue weighted by Gasteiger charge is 2.24. The molecule has 1 aromatic heterocycles. The molecule has 0 amide bonds. The summed E-state index contributed by atoms with van der Waals surface area (Å²) < 4.78 is 2.07. The van der Waals surface area contributed by atoms with Crippen LogP contribution in [0.5, 0.6) is 0 Å². The van der Waals surface area contributed by atoms with Gasteiger partial charge in [-0.1, -0.05) is 20.8 Å². The van der Waals surface area contributed by atoms with E-state index in [0.29, 0.717) is 17.8 Å². The molecule has 1 rings (SSSR count). The highest BCUT2D eigenvalue weighted by Crippen LogP contribution is 2.25. The number of rotatable bonds is 7. The fraction of sp³-hybridized carbons (Fsp3) is 0.769. The maximum Gasteiger partial charge on any atom is 0.0631 e. The van der Waals surface area contributed by atoms with Gasteiger partial charge in [0.25, 0.3) is 0 Å². The van der Waals surface area contributed by atoms with Crippen molar-refractivity contribution in [3.63, 3.8) is 0 Å². The zero-order valence-electron chi connectivity index (χ0n) is 10.9. The summed E-state index contributed by atoms with van der Waals surface area (Å²) in [5.74, 6) is 1.13. The Morgan fingerprint density at radius 2 is 1.88 bits per heavy atom. The molecule has 0 aliphatic heterocycles. The van der Waals surface area contributed by atoms with Gasteiger partial charge in [0, 0.05) is 23.4 Å². The van der Waals surface area contributed by atoms with Crippen LogP contribution in [0.4, 0.5) is 0 Å². The van der Waals surface area contributed by atoms with Crippen molar-refractivity contribution in [2.24, 2.45) is 5.41 Å². The Labute approximate surface area is 114 Å². The summed E-state index contributed by atoms with van der Waals surface area (Å²) >= 11 is 11.9. The fourth-order valence-electron chi connectivity index (χ4n) is 1.91. The number of nitrogens with zero attached hydrogens (tertiary/aromatic N) is 2. The van der Waals surface area contributed by atoms with Crippen LogP contribution in [-0.2, 0) is 6.42 Å². The summed E-state index contributed by atoms with van der Waals surface area (Å²) in [6.45, 7) is 6.48. The monoisotopic (exact) mass is 276 g/mol. The molecule has 1 aromatic rings. The van der Waals surface area contributed by atoms with E-state index >= 15 is 0 Å². The third-order valence-electron chi connectivity index (χ3n) is 3.23. The lowest BCUT2D eigenvalue weighted by Crippen LogP contribution is -2.24. The summed E-state index contributed by atoms with van der Waals surface area (Å²) in [7, 11) is 0. The third-order valence-corrected chi connectivity index (χ3v) is 4.52. The third kappa shape index (κ3) is 3.89. The summed E-state index contributed by atoms with van der Waals surface area (Å²) in [4.78, 5) is 0. The van der Waals surface area contributed by atoms with Crippen molar-refractivity contribution in [1.82, 2.24) is 9.78 Å². The molecule has 0 bridgehead atoms. The van der Waals surface area contributed by atoms with E-state index in [0.717, 1.165) is 25.0 Å². The first kappa shape index (κ1) is 14.8. The first-order chi connectivity index (χ1) is 8.08. The molecule has 0 fully saturated rings. The van der Waals surface area contributed by atoms with Crippen LogP contribution in [0.2, 0.25) is 0 Å². The molecule has 0 saturated carbocycles. The van der Waals surface area contributed by atoms with Crippen molar-refractivity contribution < 1.29 is 0 Å². The first-order valence-electron chi connectivity index (χ1n) is 6.24. The number of halogens is 2. The Balaban J connectivity index is 2.74. The molecule has 4 heteroatoms. The lowest BCUT2D eigenvalue weighted by Gasteiger charge is -2.22. The summed E-state index contributed by atoms with van der Waals surface area (Å²) in [6.07, 6.45) is 5.13. The van der Waals surface area contributed by atoms with Crippen LogP contribution in [-0.4, -0.2) is 21.5 Å². The summed E-state index contributed by atoms with van der Waals surface area (Å²) in [5, 5.41) is 4.63. The van der Waals surface area contributed by atoms with Gasteiger partial charge in [-0.15, -0.1) is 23.2 Å². The second kappa shape index (κ2) is 6.65. The predicted octanol–water partition coefficient (Wildman–Crippen LogP) is 4.27. The molecule has 0 unspecified atom stereocenters. The second-order valence-electron chi connectivity index (χ2n) is 5.01. The molecule has 0 aliphatic rings. The van der Waals surface area contributed by atoms with Crippen LogP contribution >= 0.6 is 23.2 Å². The quantitative estimate of drug-likeness (QED) is 0.680. The van der Waals surface area contributed by atoms with Gasteiger partial charge in [-0.2, -0.15) is 5.10 Å². The number of aromatic nitrogens is 2. The van der Waals surface area contributed by atoms with Crippen LogP contribution in [0, 0.1) is 5.41 Å². The maximum absolute atomic E-state index is 5.96. The van der Waals surface area contributed by atoms with Gasteiger partial charge in [0.2, 0.25) is 0 Å². The molecule has 1 heterocycles. The van der Waals surface area contributed by atoms with Gasteiger partial charge in [-0.05, 0) is 25.3 Å². The largest absolute Gasteiger partial charge is 0.269 e. The van der Waals surface area contributed by atoms with E-state index in [-0.39, 0.29) is 5.41 Å². The Hall–Kier alpha value is -0.210. The molecule has 2 nitrogen and oxygen atoms in total. The van der Waals surface area contributed by atoms with Gasteiger partial charge in [0.05, 0.1) is 11.7 Å². The van der Waals surface area contributed by atoms with Gasteiger partial charge in [0.1, 0.15) is 0 Å². The Bertz CT molecular complexity index is 328. The minimum atomic E-state index is -0.0593. The minimum absolute atomic E-state index is 0.0593. The van der Waals surface area contributed by atoms with E-state index < -0.39 is 0 Å². The Morgan fingerprint density at radius 1 is 1.29 bits per heavy atom. The highest BCUT2D eigenvalue weighted by molar-refractivity contribution is 6.21. The van der Waals surface area contributed by atoms with Crippen LogP contribution in [0.15, 0.2) is 12.3 Å². The van der Waals surface area contributed by atoms with Gasteiger partial charge < -0.3 is 0 Å². The number of alkyl halides is 2. The van der Waals surface area contributed by atoms with E-state index in [2.05, 4.69) is 42.8 Å². The van der Waals surface area contributed by atoms with Gasteiger partial charge >= 0.3 is 0 Å². The van der Waals surface area contributed by atoms with E-state index in [9.17, 15) is 0 Å². The van der Waals surface area contributed by atoms with Gasteiger partial charge in [-0.25, -0.2) is 0 Å². The molecule has 0 N–H and O–H groups in total. The Morgan fingerprint density at radius 3 is 2.35 bits per heavy atom. The normalized spacial score (nSPS) is 12.4. The van der Waals surface area contributed by atoms with Crippen molar-refractivity contribution in [3.8, 4) is 0 Å². The van der Waals surface area contributed by atoms with Crippen molar-refractivity contribution >= 4 is 23.2 Å². The lowest BCUT2D eigenvalue weighted by molar-refractivity contribution is 0.398. The summed E-state index contributed by atoms with van der Waals surface area (Å²) in [6, 6.07) is 2.58. The second-order valence-corrected chi connectivity index (χ2v) is 5.55. The maximum atomic E-state index is 5.96. The van der Waals surface area contributed by atoms with Crippen molar-refractivity contribution in [3.05, 3.63) is 18.0 Å². The molecule has 0 radical (unpaired) electrons. The molecule has 17 heavy (non-hydrogen) atoms. The highest BCUT2D eigenvalue weighted by atomic mass is 35.5. The molecular formula is C13H22Cl2N2. The minimum Gasteiger partial charge on any atom is -0.269 e. The van der Waals surface area contributed by atoms with Gasteiger partial charge in [0.15, 0.2) is 0 Å². The molecule has 0 atom stereocenters. The topological polar surface area (TPSA) is 17.8 Å². The SMILES string of the molecule is CCC(CC)n1ccc(CC(C)(CCl)CCl)n1. The Kier molecular flexibility index (Phi) is 5.81. The number of hydrogen-bond acceptors (Lipinski definition) is 1. The van der Waals surface area contributed by atoms with Crippen molar-refractivity contribution in [2.75, 3.05) is 11.8 Å². The molecule has 0 aliphatic carbocycles. The lowest BCUT2D eigenvalue weighted by atomic mass is 9.90. The van der Waals surface area contributed by atoms with Crippen LogP contribution < -0.4 is 0 Å². The molecule has 0 aromatic carbocycles. The first-order valence-corrected chi connectivity index (χ1v) is 7.31. The van der Waals surface area contributed by atoms with E-state index in [4.69, 9.17) is 23.2 Å². The van der Waals surface area contributed by atoms with Crippen LogP contribution in [0.3, 0.4) is 0 Å². The van der Waals surface area contributed by atoms with Crippen molar-refractivity contribution in [1.29, 1.82) is 0 Å². The van der Waals surface area contributed by atoms with E-state index in [1.54, 1.807) is 0 Å².